The van der Waals surface area contributed by atoms with E-state index in [0.29, 0.717) is 11.3 Å². The fraction of sp³-hybridized carbons (Fsp3) is 0.0667. The van der Waals surface area contributed by atoms with E-state index in [2.05, 4.69) is 24.8 Å². The van der Waals surface area contributed by atoms with Crippen LogP contribution in [0.5, 0.6) is 0 Å². The first-order chi connectivity index (χ1) is 9.35. The Hall–Kier alpha value is -2.03. The molecule has 1 aromatic rings. The molecule has 1 rings (SSSR count). The molecule has 1 amide bonds. The van der Waals surface area contributed by atoms with Gasteiger partial charge in [0.2, 0.25) is 0 Å². The van der Waals surface area contributed by atoms with Gasteiger partial charge in [0.05, 0.1) is 14.1 Å². The number of carbonyl (C=O) groups excluding carboxylic acids is 1. The molecule has 1 aromatic carbocycles. The molecule has 104 valence electrons. The molecule has 0 aliphatic rings. The minimum Gasteiger partial charge on any atom is -0.626 e. The molecule has 0 saturated heterocycles. The Morgan fingerprint density at radius 2 is 2.15 bits per heavy atom. The number of anilines is 1. The van der Waals surface area contributed by atoms with E-state index >= 15 is 0 Å². The van der Waals surface area contributed by atoms with Crippen molar-refractivity contribution in [2.45, 2.75) is 6.92 Å². The van der Waals surface area contributed by atoms with Gasteiger partial charge in [-0.1, -0.05) is 12.7 Å². The van der Waals surface area contributed by atoms with Crippen LogP contribution in [0, 0.1) is 12.7 Å². The van der Waals surface area contributed by atoms with Crippen LogP contribution in [0.15, 0.2) is 54.4 Å². The zero-order valence-corrected chi connectivity index (χ0v) is 12.0. The van der Waals surface area contributed by atoms with Crippen molar-refractivity contribution in [3.63, 3.8) is 0 Å². The van der Waals surface area contributed by atoms with E-state index in [1.54, 1.807) is 6.92 Å². The Kier molecular flexibility index (Phi) is 5.56. The highest BCUT2D eigenvalue weighted by Gasteiger charge is 2.10. The van der Waals surface area contributed by atoms with Gasteiger partial charge in [0.1, 0.15) is 11.1 Å². The summed E-state index contributed by atoms with van der Waals surface area (Å²) in [4.78, 5) is 23.1. The van der Waals surface area contributed by atoms with Gasteiger partial charge in [-0.25, -0.2) is 4.39 Å². The van der Waals surface area contributed by atoms with Crippen LogP contribution in [0.1, 0.15) is 5.56 Å². The smallest absolute Gasteiger partial charge is 0.255 e. The lowest BCUT2D eigenvalue weighted by atomic mass is 10.2. The monoisotopic (exact) mass is 291 g/mol. The molecule has 0 heterocycles. The number of halogens is 1. The number of hydrogen-bond acceptors (Lipinski definition) is 2. The maximum absolute atomic E-state index is 13.1. The van der Waals surface area contributed by atoms with Gasteiger partial charge < -0.3 is 10.2 Å². The van der Waals surface area contributed by atoms with Crippen LogP contribution in [-0.2, 0) is 4.79 Å². The number of amides is 1. The molecule has 3 nitrogen and oxygen atoms in total. The van der Waals surface area contributed by atoms with E-state index in [4.69, 9.17) is 0 Å². The first-order valence-corrected chi connectivity index (χ1v) is 7.18. The second-order valence-electron chi connectivity index (χ2n) is 4.09. The Bertz CT molecular complexity index is 620. The van der Waals surface area contributed by atoms with Crippen molar-refractivity contribution in [3.8, 4) is 0 Å². The normalized spacial score (nSPS) is 11.8. The lowest BCUT2D eigenvalue weighted by Gasteiger charge is -2.07. The van der Waals surface area contributed by atoms with E-state index in [-0.39, 0.29) is 16.7 Å². The number of aryl methyl sites for hydroxylation is 1. The molecule has 0 bridgehead atoms. The van der Waals surface area contributed by atoms with E-state index < -0.39 is 13.7 Å². The summed E-state index contributed by atoms with van der Waals surface area (Å²) < 4.78 is 13.1. The topological polar surface area (TPSA) is 52.2 Å². The minimum atomic E-state index is -1.84. The van der Waals surface area contributed by atoms with Crippen LogP contribution in [0.4, 0.5) is 10.1 Å². The van der Waals surface area contributed by atoms with Crippen molar-refractivity contribution in [2.75, 3.05) is 5.32 Å². The molecule has 0 radical (unpaired) electrons. The molecule has 0 aliphatic heterocycles. The predicted octanol–water partition coefficient (Wildman–Crippen LogP) is 2.89. The van der Waals surface area contributed by atoms with Gasteiger partial charge in [-0.2, -0.15) is 0 Å². The predicted molar refractivity (Wildman–Crippen MR) is 81.2 cm³/mol. The number of rotatable bonds is 5. The molecule has 1 N–H and O–H groups in total. The van der Waals surface area contributed by atoms with Crippen molar-refractivity contribution in [1.29, 1.82) is 0 Å². The maximum atomic E-state index is 13.1. The van der Waals surface area contributed by atoms with Crippen LogP contribution in [0.3, 0.4) is 0 Å². The van der Waals surface area contributed by atoms with Gasteiger partial charge in [0.25, 0.3) is 5.91 Å². The Morgan fingerprint density at radius 1 is 1.50 bits per heavy atom. The summed E-state index contributed by atoms with van der Waals surface area (Å²) in [5.74, 6) is -0.783. The SMILES string of the molecule is C=C/C(=C\C(=C)[P+](=C)[O-])C(=O)Nc1ccc(F)c(C)c1. The van der Waals surface area contributed by atoms with Crippen LogP contribution in [-0.4, -0.2) is 12.2 Å². The summed E-state index contributed by atoms with van der Waals surface area (Å²) in [6, 6.07) is 4.25. The third-order valence-electron chi connectivity index (χ3n) is 2.54. The third kappa shape index (κ3) is 4.26. The van der Waals surface area contributed by atoms with Crippen LogP contribution in [0.2, 0.25) is 0 Å². The van der Waals surface area contributed by atoms with Crippen molar-refractivity contribution in [3.05, 3.63) is 65.8 Å². The minimum absolute atomic E-state index is 0.212. The highest BCUT2D eigenvalue weighted by atomic mass is 31.1. The standard InChI is InChI=1S/C15H15FNO2P/c1-5-12(9-11(3)20(4)19)15(18)17-13-6-7-14(16)10(2)8-13/h5-9H,1,3-4H2,2H3,(H,17,18)/b12-9+. The third-order valence-corrected chi connectivity index (χ3v) is 3.31. The van der Waals surface area contributed by atoms with Gasteiger partial charge in [-0.15, -0.1) is 0 Å². The van der Waals surface area contributed by atoms with E-state index in [9.17, 15) is 14.1 Å². The molecular formula is C15H15FNO2P. The highest BCUT2D eigenvalue weighted by Crippen LogP contribution is 2.23. The van der Waals surface area contributed by atoms with Crippen molar-refractivity contribution in [1.82, 2.24) is 0 Å². The summed E-state index contributed by atoms with van der Waals surface area (Å²) >= 11 is 0. The van der Waals surface area contributed by atoms with Gasteiger partial charge in [-0.05, 0) is 43.3 Å². The average Bonchev–Trinajstić information content (AvgIpc) is 2.39. The molecule has 0 saturated carbocycles. The van der Waals surface area contributed by atoms with Crippen LogP contribution in [0.25, 0.3) is 0 Å². The van der Waals surface area contributed by atoms with E-state index in [1.807, 2.05) is 0 Å². The molecule has 1 unspecified atom stereocenters. The number of hydrogen-bond donors (Lipinski definition) is 1. The van der Waals surface area contributed by atoms with Crippen molar-refractivity contribution < 1.29 is 14.1 Å². The number of allylic oxidation sites excluding steroid dienone is 2. The number of benzene rings is 1. The zero-order valence-electron chi connectivity index (χ0n) is 11.1. The second-order valence-corrected chi connectivity index (χ2v) is 5.42. The number of carbonyl (C=O) groups is 1. The molecular weight excluding hydrogens is 276 g/mol. The summed E-state index contributed by atoms with van der Waals surface area (Å²) in [5, 5.41) is 2.85. The quantitative estimate of drug-likeness (QED) is 0.515. The molecule has 0 spiro atoms. The number of nitrogens with one attached hydrogen (secondary N) is 1. The van der Waals surface area contributed by atoms with Gasteiger partial charge in [0.15, 0.2) is 0 Å². The second kappa shape index (κ2) is 6.94. The largest absolute Gasteiger partial charge is 0.626 e. The summed E-state index contributed by atoms with van der Waals surface area (Å²) in [6.07, 6.45) is 6.04. The summed E-state index contributed by atoms with van der Waals surface area (Å²) in [7, 11) is -1.84. The Balaban J connectivity index is 2.93. The lowest BCUT2D eigenvalue weighted by molar-refractivity contribution is -0.150. The average molecular weight is 291 g/mol. The van der Waals surface area contributed by atoms with Crippen LogP contribution < -0.4 is 10.2 Å². The molecule has 1 atom stereocenters. The van der Waals surface area contributed by atoms with Crippen LogP contribution >= 0.6 is 7.77 Å². The molecule has 0 aliphatic carbocycles. The molecule has 5 heteroatoms. The zero-order chi connectivity index (χ0) is 15.3. The lowest BCUT2D eigenvalue weighted by Crippen LogP contribution is -2.13. The first kappa shape index (κ1) is 16.0. The van der Waals surface area contributed by atoms with E-state index in [0.717, 1.165) is 0 Å². The molecule has 0 fully saturated rings. The first-order valence-electron chi connectivity index (χ1n) is 5.73. The van der Waals surface area contributed by atoms with Gasteiger partial charge >= 0.3 is 0 Å². The summed E-state index contributed by atoms with van der Waals surface area (Å²) in [6.45, 7) is 8.68. The summed E-state index contributed by atoms with van der Waals surface area (Å²) in [5.41, 5.74) is 1.10. The maximum Gasteiger partial charge on any atom is 0.255 e. The van der Waals surface area contributed by atoms with Gasteiger partial charge in [-0.3, -0.25) is 4.79 Å². The van der Waals surface area contributed by atoms with E-state index in [1.165, 1.54) is 30.4 Å². The van der Waals surface area contributed by atoms with Crippen molar-refractivity contribution in [2.24, 2.45) is 0 Å². The highest BCUT2D eigenvalue weighted by molar-refractivity contribution is 7.53. The Labute approximate surface area is 118 Å². The Morgan fingerprint density at radius 3 is 2.65 bits per heavy atom. The molecule has 0 aromatic heterocycles. The fourth-order valence-corrected chi connectivity index (χ4v) is 1.68. The van der Waals surface area contributed by atoms with Crippen molar-refractivity contribution >= 4 is 25.7 Å². The van der Waals surface area contributed by atoms with Gasteiger partial charge in [0, 0.05) is 11.3 Å². The molecule has 20 heavy (non-hydrogen) atoms. The fourth-order valence-electron chi connectivity index (χ4n) is 1.39.